The van der Waals surface area contributed by atoms with Crippen LogP contribution in [-0.2, 0) is 0 Å². The number of nitrogens with one attached hydrogen (secondary N) is 1. The van der Waals surface area contributed by atoms with E-state index >= 15 is 0 Å². The molecule has 7 nitrogen and oxygen atoms in total. The predicted octanol–water partition coefficient (Wildman–Crippen LogP) is 4.87. The molecule has 0 unspecified atom stereocenters. The highest BCUT2D eigenvalue weighted by molar-refractivity contribution is 6.12. The molecule has 0 atom stereocenters. The Morgan fingerprint density at radius 2 is 1.81 bits per heavy atom. The van der Waals surface area contributed by atoms with Crippen LogP contribution in [-0.4, -0.2) is 44.6 Å². The lowest BCUT2D eigenvalue weighted by Crippen LogP contribution is -2.30. The van der Waals surface area contributed by atoms with Crippen molar-refractivity contribution in [1.82, 2.24) is 19.7 Å². The SMILES string of the molecule is CCN(CC)C(=O)c1cccc(NC(=O)c2cc(C(C)C)nc3c2cnn3C(C)C)c1. The summed E-state index contributed by atoms with van der Waals surface area (Å²) >= 11 is 0. The highest BCUT2D eigenvalue weighted by Gasteiger charge is 2.20. The molecule has 0 bridgehead atoms. The average molecular weight is 422 g/mol. The Labute approximate surface area is 183 Å². The summed E-state index contributed by atoms with van der Waals surface area (Å²) in [4.78, 5) is 32.4. The van der Waals surface area contributed by atoms with Gasteiger partial charge in [-0.25, -0.2) is 9.67 Å². The second-order valence-electron chi connectivity index (χ2n) is 8.18. The highest BCUT2D eigenvalue weighted by atomic mass is 16.2. The number of carbonyl (C=O) groups excluding carboxylic acids is 2. The van der Waals surface area contributed by atoms with Crippen LogP contribution < -0.4 is 5.32 Å². The van der Waals surface area contributed by atoms with Gasteiger partial charge in [-0.2, -0.15) is 5.10 Å². The molecule has 0 radical (unpaired) electrons. The van der Waals surface area contributed by atoms with E-state index in [0.29, 0.717) is 40.9 Å². The molecule has 2 heterocycles. The molecule has 0 aliphatic rings. The molecule has 0 saturated heterocycles. The monoisotopic (exact) mass is 421 g/mol. The predicted molar refractivity (Wildman–Crippen MR) is 124 cm³/mol. The van der Waals surface area contributed by atoms with Crippen molar-refractivity contribution in [1.29, 1.82) is 0 Å². The number of amides is 2. The van der Waals surface area contributed by atoms with E-state index in [9.17, 15) is 9.59 Å². The molecule has 2 aromatic heterocycles. The normalized spacial score (nSPS) is 11.4. The first kappa shape index (κ1) is 22.5. The van der Waals surface area contributed by atoms with Gasteiger partial charge in [-0.3, -0.25) is 9.59 Å². The van der Waals surface area contributed by atoms with E-state index in [2.05, 4.69) is 10.4 Å². The summed E-state index contributed by atoms with van der Waals surface area (Å²) in [5.74, 6) is -0.126. The first-order chi connectivity index (χ1) is 14.8. The van der Waals surface area contributed by atoms with Crippen molar-refractivity contribution in [2.75, 3.05) is 18.4 Å². The van der Waals surface area contributed by atoms with E-state index in [4.69, 9.17) is 4.98 Å². The van der Waals surface area contributed by atoms with Crippen molar-refractivity contribution < 1.29 is 9.59 Å². The van der Waals surface area contributed by atoms with Gasteiger partial charge in [-0.05, 0) is 57.9 Å². The Hall–Kier alpha value is -3.22. The number of benzene rings is 1. The number of rotatable bonds is 7. The van der Waals surface area contributed by atoms with Crippen molar-refractivity contribution in [3.63, 3.8) is 0 Å². The molecule has 0 aliphatic heterocycles. The maximum absolute atomic E-state index is 13.2. The Morgan fingerprint density at radius 3 is 2.42 bits per heavy atom. The van der Waals surface area contributed by atoms with E-state index in [0.717, 1.165) is 5.69 Å². The molecular weight excluding hydrogens is 390 g/mol. The van der Waals surface area contributed by atoms with Gasteiger partial charge < -0.3 is 10.2 Å². The van der Waals surface area contributed by atoms with Gasteiger partial charge in [0.1, 0.15) is 0 Å². The van der Waals surface area contributed by atoms with Crippen molar-refractivity contribution in [2.24, 2.45) is 0 Å². The number of hydrogen-bond donors (Lipinski definition) is 1. The molecule has 3 rings (SSSR count). The molecule has 0 aliphatic carbocycles. The summed E-state index contributed by atoms with van der Waals surface area (Å²) in [7, 11) is 0. The summed E-state index contributed by atoms with van der Waals surface area (Å²) in [6.07, 6.45) is 1.70. The smallest absolute Gasteiger partial charge is 0.256 e. The third-order valence-electron chi connectivity index (χ3n) is 5.33. The van der Waals surface area contributed by atoms with Gasteiger partial charge in [-0.1, -0.05) is 19.9 Å². The standard InChI is InChI=1S/C24H31N5O2/c1-7-28(8-2)24(31)17-10-9-11-18(12-17)26-23(30)19-13-21(15(3)4)27-22-20(19)14-25-29(22)16(5)6/h9-16H,7-8H2,1-6H3,(H,26,30). The number of aromatic nitrogens is 3. The zero-order valence-electron chi connectivity index (χ0n) is 19.1. The Kier molecular flexibility index (Phi) is 6.73. The zero-order valence-corrected chi connectivity index (χ0v) is 19.1. The summed E-state index contributed by atoms with van der Waals surface area (Å²) in [6.45, 7) is 13.3. The fraction of sp³-hybridized carbons (Fsp3) is 0.417. The number of pyridine rings is 1. The molecule has 1 N–H and O–H groups in total. The second kappa shape index (κ2) is 9.29. The zero-order chi connectivity index (χ0) is 22.7. The molecular formula is C24H31N5O2. The Balaban J connectivity index is 1.97. The minimum atomic E-state index is -0.245. The molecule has 0 saturated carbocycles. The molecule has 7 heteroatoms. The second-order valence-corrected chi connectivity index (χ2v) is 8.18. The van der Waals surface area contributed by atoms with Crippen molar-refractivity contribution in [3.05, 3.63) is 53.3 Å². The Bertz CT molecular complexity index is 1100. The van der Waals surface area contributed by atoms with Crippen molar-refractivity contribution in [2.45, 2.75) is 53.5 Å². The van der Waals surface area contributed by atoms with E-state index in [1.807, 2.05) is 52.3 Å². The first-order valence-electron chi connectivity index (χ1n) is 10.9. The summed E-state index contributed by atoms with van der Waals surface area (Å²) in [5.41, 5.74) is 3.20. The average Bonchev–Trinajstić information content (AvgIpc) is 3.18. The maximum atomic E-state index is 13.2. The molecule has 0 fully saturated rings. The van der Waals surface area contributed by atoms with Gasteiger partial charge in [0, 0.05) is 36.1 Å². The van der Waals surface area contributed by atoms with Crippen LogP contribution in [0.25, 0.3) is 11.0 Å². The molecule has 164 valence electrons. The minimum absolute atomic E-state index is 0.0484. The summed E-state index contributed by atoms with van der Waals surface area (Å²) < 4.78 is 1.83. The van der Waals surface area contributed by atoms with Crippen LogP contribution in [0.15, 0.2) is 36.5 Å². The number of fused-ring (bicyclic) bond motifs is 1. The fourth-order valence-electron chi connectivity index (χ4n) is 3.52. The van der Waals surface area contributed by atoms with E-state index in [-0.39, 0.29) is 23.8 Å². The van der Waals surface area contributed by atoms with Crippen LogP contribution in [0.3, 0.4) is 0 Å². The van der Waals surface area contributed by atoms with Gasteiger partial charge >= 0.3 is 0 Å². The number of nitrogens with zero attached hydrogens (tertiary/aromatic N) is 4. The van der Waals surface area contributed by atoms with Crippen LogP contribution in [0.5, 0.6) is 0 Å². The van der Waals surface area contributed by atoms with E-state index < -0.39 is 0 Å². The summed E-state index contributed by atoms with van der Waals surface area (Å²) in [6, 6.07) is 9.02. The van der Waals surface area contributed by atoms with Gasteiger partial charge in [0.05, 0.1) is 17.1 Å². The lowest BCUT2D eigenvalue weighted by molar-refractivity contribution is 0.0772. The van der Waals surface area contributed by atoms with Crippen molar-refractivity contribution in [3.8, 4) is 0 Å². The highest BCUT2D eigenvalue weighted by Crippen LogP contribution is 2.25. The largest absolute Gasteiger partial charge is 0.339 e. The van der Waals surface area contributed by atoms with Crippen molar-refractivity contribution >= 4 is 28.5 Å². The van der Waals surface area contributed by atoms with Crippen LogP contribution in [0.4, 0.5) is 5.69 Å². The molecule has 3 aromatic rings. The molecule has 0 spiro atoms. The van der Waals surface area contributed by atoms with Crippen LogP contribution in [0.2, 0.25) is 0 Å². The topological polar surface area (TPSA) is 80.1 Å². The number of hydrogen-bond acceptors (Lipinski definition) is 4. The molecule has 2 amide bonds. The number of carbonyl (C=O) groups is 2. The first-order valence-corrected chi connectivity index (χ1v) is 10.9. The maximum Gasteiger partial charge on any atom is 0.256 e. The number of anilines is 1. The van der Waals surface area contributed by atoms with Crippen LogP contribution in [0, 0.1) is 0 Å². The van der Waals surface area contributed by atoms with E-state index in [1.54, 1.807) is 35.4 Å². The van der Waals surface area contributed by atoms with Gasteiger partial charge in [0.15, 0.2) is 5.65 Å². The van der Waals surface area contributed by atoms with Gasteiger partial charge in [0.25, 0.3) is 11.8 Å². The van der Waals surface area contributed by atoms with Crippen LogP contribution in [0.1, 0.15) is 79.9 Å². The molecule has 1 aromatic carbocycles. The lowest BCUT2D eigenvalue weighted by atomic mass is 10.0. The minimum Gasteiger partial charge on any atom is -0.339 e. The summed E-state index contributed by atoms with van der Waals surface area (Å²) in [5, 5.41) is 8.11. The third kappa shape index (κ3) is 4.60. The fourth-order valence-corrected chi connectivity index (χ4v) is 3.52. The van der Waals surface area contributed by atoms with Gasteiger partial charge in [-0.15, -0.1) is 0 Å². The van der Waals surface area contributed by atoms with E-state index in [1.165, 1.54) is 0 Å². The third-order valence-corrected chi connectivity index (χ3v) is 5.33. The Morgan fingerprint density at radius 1 is 1.10 bits per heavy atom. The lowest BCUT2D eigenvalue weighted by Gasteiger charge is -2.19. The quantitative estimate of drug-likeness (QED) is 0.590. The van der Waals surface area contributed by atoms with Gasteiger partial charge in [0.2, 0.25) is 0 Å². The van der Waals surface area contributed by atoms with Crippen LogP contribution >= 0.6 is 0 Å². The molecule has 31 heavy (non-hydrogen) atoms.